The first-order valence-corrected chi connectivity index (χ1v) is 6.75. The number of carbonyl (C=O) groups is 2. The molecule has 5 nitrogen and oxygen atoms in total. The summed E-state index contributed by atoms with van der Waals surface area (Å²) in [6.45, 7) is 3.84. The van der Waals surface area contributed by atoms with E-state index in [1.54, 1.807) is 6.07 Å². The van der Waals surface area contributed by atoms with Crippen molar-refractivity contribution in [3.63, 3.8) is 0 Å². The molecule has 1 aromatic carbocycles. The zero-order valence-corrected chi connectivity index (χ0v) is 12.2. The van der Waals surface area contributed by atoms with Crippen molar-refractivity contribution in [2.24, 2.45) is 5.73 Å². The van der Waals surface area contributed by atoms with E-state index in [1.807, 2.05) is 26.0 Å². The van der Waals surface area contributed by atoms with Crippen molar-refractivity contribution in [1.29, 1.82) is 0 Å². The van der Waals surface area contributed by atoms with Crippen molar-refractivity contribution >= 4 is 11.8 Å². The van der Waals surface area contributed by atoms with Crippen molar-refractivity contribution in [2.75, 3.05) is 7.11 Å². The van der Waals surface area contributed by atoms with Gasteiger partial charge in [-0.1, -0.05) is 31.9 Å². The number of primary amides is 1. The summed E-state index contributed by atoms with van der Waals surface area (Å²) in [5.74, 6) is -0.361. The Morgan fingerprint density at radius 3 is 2.65 bits per heavy atom. The zero-order valence-electron chi connectivity index (χ0n) is 12.2. The summed E-state index contributed by atoms with van der Waals surface area (Å²) in [6, 6.07) is 4.70. The fourth-order valence-electron chi connectivity index (χ4n) is 2.03. The number of methoxy groups -OCH3 is 1. The summed E-state index contributed by atoms with van der Waals surface area (Å²) in [4.78, 5) is 23.7. The molecule has 1 rings (SSSR count). The Labute approximate surface area is 119 Å². The first kappa shape index (κ1) is 16.0. The minimum Gasteiger partial charge on any atom is -0.496 e. The lowest BCUT2D eigenvalue weighted by molar-refractivity contribution is -0.120. The number of carbonyl (C=O) groups excluding carboxylic acids is 2. The molecule has 0 radical (unpaired) electrons. The van der Waals surface area contributed by atoms with E-state index in [2.05, 4.69) is 5.32 Å². The molecule has 0 bridgehead atoms. The predicted molar refractivity (Wildman–Crippen MR) is 77.7 cm³/mol. The van der Waals surface area contributed by atoms with Crippen LogP contribution in [0.4, 0.5) is 0 Å². The molecule has 0 aliphatic rings. The molecule has 1 aromatic rings. The SMILES string of the molecule is CCCCC(NC(=O)c1c(C)cccc1OC)C(N)=O. The molecule has 0 saturated heterocycles. The molecule has 20 heavy (non-hydrogen) atoms. The average Bonchev–Trinajstić information content (AvgIpc) is 2.42. The molecule has 1 unspecified atom stereocenters. The minimum absolute atomic E-state index is 0.333. The molecule has 1 atom stereocenters. The highest BCUT2D eigenvalue weighted by Gasteiger charge is 2.21. The molecule has 3 N–H and O–H groups in total. The monoisotopic (exact) mass is 278 g/mol. The summed E-state index contributed by atoms with van der Waals surface area (Å²) in [5.41, 5.74) is 6.56. The van der Waals surface area contributed by atoms with Crippen LogP contribution in [0.1, 0.15) is 42.1 Å². The highest BCUT2D eigenvalue weighted by molar-refractivity contribution is 6.00. The van der Waals surface area contributed by atoms with Crippen LogP contribution < -0.4 is 15.8 Å². The van der Waals surface area contributed by atoms with Crippen LogP contribution in [0, 0.1) is 6.92 Å². The Hall–Kier alpha value is -2.04. The van der Waals surface area contributed by atoms with Crippen LogP contribution in [0.2, 0.25) is 0 Å². The Bertz CT molecular complexity index is 486. The Morgan fingerprint density at radius 2 is 2.10 bits per heavy atom. The van der Waals surface area contributed by atoms with E-state index in [-0.39, 0.29) is 5.91 Å². The molecule has 5 heteroatoms. The maximum Gasteiger partial charge on any atom is 0.255 e. The summed E-state index contributed by atoms with van der Waals surface area (Å²) in [5, 5.41) is 2.69. The Morgan fingerprint density at radius 1 is 1.40 bits per heavy atom. The second kappa shape index (κ2) is 7.53. The van der Waals surface area contributed by atoms with Crippen molar-refractivity contribution in [3.8, 4) is 5.75 Å². The molecule has 0 saturated carbocycles. The van der Waals surface area contributed by atoms with E-state index in [0.29, 0.717) is 17.7 Å². The number of aryl methyl sites for hydroxylation is 1. The predicted octanol–water partition coefficient (Wildman–Crippen LogP) is 1.78. The lowest BCUT2D eigenvalue weighted by atomic mass is 10.0. The number of ether oxygens (including phenoxy) is 1. The van der Waals surface area contributed by atoms with Gasteiger partial charge in [0.05, 0.1) is 12.7 Å². The summed E-state index contributed by atoms with van der Waals surface area (Å²) in [6.07, 6.45) is 2.32. The van der Waals surface area contributed by atoms with Gasteiger partial charge in [0, 0.05) is 0 Å². The molecule has 0 spiro atoms. The summed E-state index contributed by atoms with van der Waals surface area (Å²) >= 11 is 0. The van der Waals surface area contributed by atoms with E-state index in [4.69, 9.17) is 10.5 Å². The van der Waals surface area contributed by atoms with Gasteiger partial charge in [0.15, 0.2) is 0 Å². The summed E-state index contributed by atoms with van der Waals surface area (Å²) < 4.78 is 5.19. The Kier molecular flexibility index (Phi) is 6.03. The van der Waals surface area contributed by atoms with E-state index in [1.165, 1.54) is 7.11 Å². The smallest absolute Gasteiger partial charge is 0.255 e. The van der Waals surface area contributed by atoms with Gasteiger partial charge in [-0.3, -0.25) is 9.59 Å². The summed E-state index contributed by atoms with van der Waals surface area (Å²) in [7, 11) is 1.51. The Balaban J connectivity index is 2.91. The number of amides is 2. The largest absolute Gasteiger partial charge is 0.496 e. The number of rotatable bonds is 7. The maximum absolute atomic E-state index is 12.3. The van der Waals surface area contributed by atoms with Crippen LogP contribution in [0.5, 0.6) is 5.75 Å². The first-order chi connectivity index (χ1) is 9.51. The number of hydrogen-bond donors (Lipinski definition) is 2. The lowest BCUT2D eigenvalue weighted by Gasteiger charge is -2.17. The third kappa shape index (κ3) is 3.98. The van der Waals surface area contributed by atoms with Gasteiger partial charge >= 0.3 is 0 Å². The highest BCUT2D eigenvalue weighted by atomic mass is 16.5. The third-order valence-electron chi connectivity index (χ3n) is 3.18. The normalized spacial score (nSPS) is 11.8. The van der Waals surface area contributed by atoms with Gasteiger partial charge in [0.2, 0.25) is 5.91 Å². The van der Waals surface area contributed by atoms with E-state index < -0.39 is 11.9 Å². The number of benzene rings is 1. The van der Waals surface area contributed by atoms with Crippen molar-refractivity contribution in [2.45, 2.75) is 39.2 Å². The second-order valence-corrected chi connectivity index (χ2v) is 4.72. The van der Waals surface area contributed by atoms with Crippen LogP contribution in [-0.2, 0) is 4.79 Å². The molecular weight excluding hydrogens is 256 g/mol. The molecule has 0 aliphatic heterocycles. The fraction of sp³-hybridized carbons (Fsp3) is 0.467. The quantitative estimate of drug-likeness (QED) is 0.797. The molecule has 110 valence electrons. The van der Waals surface area contributed by atoms with E-state index in [9.17, 15) is 9.59 Å². The van der Waals surface area contributed by atoms with E-state index >= 15 is 0 Å². The molecule has 0 aliphatic carbocycles. The van der Waals surface area contributed by atoms with Gasteiger partial charge in [0.25, 0.3) is 5.91 Å². The van der Waals surface area contributed by atoms with Crippen LogP contribution >= 0.6 is 0 Å². The van der Waals surface area contributed by atoms with E-state index in [0.717, 1.165) is 18.4 Å². The number of nitrogens with two attached hydrogens (primary N) is 1. The molecule has 0 heterocycles. The standard InChI is InChI=1S/C15H22N2O3/c1-4-5-8-11(14(16)18)17-15(19)13-10(2)7-6-9-12(13)20-3/h6-7,9,11H,4-5,8H2,1-3H3,(H2,16,18)(H,17,19). The minimum atomic E-state index is -0.647. The average molecular weight is 278 g/mol. The number of unbranched alkanes of at least 4 members (excludes halogenated alkanes) is 1. The molecular formula is C15H22N2O3. The van der Waals surface area contributed by atoms with Gasteiger partial charge in [-0.05, 0) is 25.0 Å². The molecule has 2 amide bonds. The van der Waals surface area contributed by atoms with Crippen molar-refractivity contribution < 1.29 is 14.3 Å². The molecule has 0 fully saturated rings. The van der Waals surface area contributed by atoms with Gasteiger partial charge in [-0.2, -0.15) is 0 Å². The topological polar surface area (TPSA) is 81.4 Å². The number of nitrogens with one attached hydrogen (secondary N) is 1. The third-order valence-corrected chi connectivity index (χ3v) is 3.18. The van der Waals surface area contributed by atoms with Crippen LogP contribution in [0.3, 0.4) is 0 Å². The highest BCUT2D eigenvalue weighted by Crippen LogP contribution is 2.21. The van der Waals surface area contributed by atoms with Crippen LogP contribution in [-0.4, -0.2) is 25.0 Å². The first-order valence-electron chi connectivity index (χ1n) is 6.75. The maximum atomic E-state index is 12.3. The van der Waals surface area contributed by atoms with Crippen LogP contribution in [0.25, 0.3) is 0 Å². The van der Waals surface area contributed by atoms with Crippen molar-refractivity contribution in [1.82, 2.24) is 5.32 Å². The second-order valence-electron chi connectivity index (χ2n) is 4.72. The fourth-order valence-corrected chi connectivity index (χ4v) is 2.03. The molecule has 0 aromatic heterocycles. The van der Waals surface area contributed by atoms with Gasteiger partial charge in [-0.25, -0.2) is 0 Å². The lowest BCUT2D eigenvalue weighted by Crippen LogP contribution is -2.44. The zero-order chi connectivity index (χ0) is 15.1. The van der Waals surface area contributed by atoms with Crippen molar-refractivity contribution in [3.05, 3.63) is 29.3 Å². The van der Waals surface area contributed by atoms with Gasteiger partial charge < -0.3 is 15.8 Å². The number of hydrogen-bond acceptors (Lipinski definition) is 3. The van der Waals surface area contributed by atoms with Gasteiger partial charge in [0.1, 0.15) is 11.8 Å². The van der Waals surface area contributed by atoms with Gasteiger partial charge in [-0.15, -0.1) is 0 Å². The van der Waals surface area contributed by atoms with Crippen LogP contribution in [0.15, 0.2) is 18.2 Å².